The zero-order valence-corrected chi connectivity index (χ0v) is 14.1. The van der Waals surface area contributed by atoms with Crippen LogP contribution < -0.4 is 5.32 Å². The van der Waals surface area contributed by atoms with Crippen LogP contribution in [0.5, 0.6) is 0 Å². The van der Waals surface area contributed by atoms with Crippen molar-refractivity contribution in [3.05, 3.63) is 71.4 Å². The van der Waals surface area contributed by atoms with E-state index in [1.807, 2.05) is 6.07 Å². The highest BCUT2D eigenvalue weighted by Crippen LogP contribution is 2.18. The average Bonchev–Trinajstić information content (AvgIpc) is 2.95. The number of hydrogen-bond donors (Lipinski definition) is 1. The molecule has 0 fully saturated rings. The number of halogens is 2. The smallest absolute Gasteiger partial charge is 0.331 e. The first-order chi connectivity index (χ1) is 12.5. The molecule has 1 amide bonds. The third-order valence-electron chi connectivity index (χ3n) is 3.37. The fourth-order valence-corrected chi connectivity index (χ4v) is 2.44. The van der Waals surface area contributed by atoms with Gasteiger partial charge in [-0.05, 0) is 42.5 Å². The van der Waals surface area contributed by atoms with Crippen LogP contribution in [-0.2, 0) is 14.3 Å². The van der Waals surface area contributed by atoms with Gasteiger partial charge >= 0.3 is 5.97 Å². The molecule has 2 aromatic heterocycles. The van der Waals surface area contributed by atoms with Gasteiger partial charge in [0.2, 0.25) is 0 Å². The summed E-state index contributed by atoms with van der Waals surface area (Å²) in [5.74, 6) is -1.65. The molecule has 0 aliphatic heterocycles. The number of carbonyl (C=O) groups excluding carboxylic acids is 2. The summed E-state index contributed by atoms with van der Waals surface area (Å²) in [6.45, 7) is -0.471. The van der Waals surface area contributed by atoms with Gasteiger partial charge in [-0.25, -0.2) is 14.2 Å². The highest BCUT2D eigenvalue weighted by molar-refractivity contribution is 6.31. The number of nitrogens with one attached hydrogen (secondary N) is 1. The molecule has 132 valence electrons. The Bertz CT molecular complexity index is 983. The number of fused-ring (bicyclic) bond motifs is 1. The quantitative estimate of drug-likeness (QED) is 0.550. The summed E-state index contributed by atoms with van der Waals surface area (Å²) in [5.41, 5.74) is 1.57. The number of hydrogen-bond acceptors (Lipinski definition) is 4. The summed E-state index contributed by atoms with van der Waals surface area (Å²) in [6.07, 6.45) is 4.38. The monoisotopic (exact) mass is 373 g/mol. The standard InChI is InChI=1S/C18H13ClFN3O3/c19-18-14(23-10-2-1-3-15(23)22-18)8-9-17(25)26-11-16(24)21-13-6-4-12(20)5-7-13/h1-10H,11H2,(H,21,24)/b9-8+. The van der Waals surface area contributed by atoms with Crippen LogP contribution in [0.25, 0.3) is 11.7 Å². The first-order valence-electron chi connectivity index (χ1n) is 7.56. The number of imidazole rings is 1. The van der Waals surface area contributed by atoms with Gasteiger partial charge in [-0.15, -0.1) is 0 Å². The van der Waals surface area contributed by atoms with Crippen molar-refractivity contribution < 1.29 is 18.7 Å². The molecule has 0 aliphatic carbocycles. The number of nitrogens with zero attached hydrogens (tertiary/aromatic N) is 2. The maximum absolute atomic E-state index is 12.8. The Morgan fingerprint density at radius 3 is 2.77 bits per heavy atom. The highest BCUT2D eigenvalue weighted by Gasteiger charge is 2.09. The van der Waals surface area contributed by atoms with Crippen molar-refractivity contribution in [2.24, 2.45) is 0 Å². The number of aromatic nitrogens is 2. The molecule has 6 nitrogen and oxygen atoms in total. The molecule has 0 spiro atoms. The second-order valence-corrected chi connectivity index (χ2v) is 5.57. The fraction of sp³-hybridized carbons (Fsp3) is 0.0556. The molecule has 0 unspecified atom stereocenters. The molecule has 1 N–H and O–H groups in total. The minimum Gasteiger partial charge on any atom is -0.452 e. The van der Waals surface area contributed by atoms with Crippen molar-refractivity contribution in [3.8, 4) is 0 Å². The predicted octanol–water partition coefficient (Wildman–Crippen LogP) is 3.32. The minimum absolute atomic E-state index is 0.245. The Kier molecular flexibility index (Phi) is 5.28. The molecule has 8 heteroatoms. The van der Waals surface area contributed by atoms with Crippen molar-refractivity contribution in [1.29, 1.82) is 0 Å². The normalized spacial score (nSPS) is 11.0. The number of esters is 1. The van der Waals surface area contributed by atoms with Crippen molar-refractivity contribution in [2.45, 2.75) is 0 Å². The largest absolute Gasteiger partial charge is 0.452 e. The van der Waals surface area contributed by atoms with E-state index in [0.717, 1.165) is 6.08 Å². The van der Waals surface area contributed by atoms with Crippen LogP contribution in [0, 0.1) is 5.82 Å². The molecular formula is C18H13ClFN3O3. The van der Waals surface area contributed by atoms with Crippen LogP contribution in [0.4, 0.5) is 10.1 Å². The number of pyridine rings is 1. The maximum Gasteiger partial charge on any atom is 0.331 e. The topological polar surface area (TPSA) is 72.7 Å². The number of carbonyl (C=O) groups is 2. The first kappa shape index (κ1) is 17.6. The lowest BCUT2D eigenvalue weighted by Gasteiger charge is -2.05. The van der Waals surface area contributed by atoms with Gasteiger partial charge in [0, 0.05) is 18.0 Å². The van der Waals surface area contributed by atoms with Crippen LogP contribution in [-0.4, -0.2) is 27.9 Å². The Hall–Kier alpha value is -3.19. The van der Waals surface area contributed by atoms with E-state index < -0.39 is 24.3 Å². The van der Waals surface area contributed by atoms with Crippen LogP contribution in [0.3, 0.4) is 0 Å². The molecule has 0 bridgehead atoms. The van der Waals surface area contributed by atoms with Gasteiger partial charge in [-0.3, -0.25) is 9.20 Å². The Labute approximate surface area is 152 Å². The molecule has 1 aromatic carbocycles. The van der Waals surface area contributed by atoms with E-state index in [-0.39, 0.29) is 5.15 Å². The Morgan fingerprint density at radius 1 is 1.23 bits per heavy atom. The van der Waals surface area contributed by atoms with Crippen LogP contribution in [0.1, 0.15) is 5.69 Å². The summed E-state index contributed by atoms with van der Waals surface area (Å²) < 4.78 is 19.4. The van der Waals surface area contributed by atoms with Crippen LogP contribution in [0.2, 0.25) is 5.15 Å². The van der Waals surface area contributed by atoms with Gasteiger partial charge in [-0.1, -0.05) is 17.7 Å². The maximum atomic E-state index is 12.8. The summed E-state index contributed by atoms with van der Waals surface area (Å²) >= 11 is 6.05. The molecular weight excluding hydrogens is 361 g/mol. The molecule has 0 radical (unpaired) electrons. The molecule has 0 saturated heterocycles. The SMILES string of the molecule is O=C(COC(=O)/C=C/c1c(Cl)nc2ccccn12)Nc1ccc(F)cc1. The van der Waals surface area contributed by atoms with E-state index in [9.17, 15) is 14.0 Å². The van der Waals surface area contributed by atoms with Crippen molar-refractivity contribution in [2.75, 3.05) is 11.9 Å². The Balaban J connectivity index is 1.56. The Morgan fingerprint density at radius 2 is 2.00 bits per heavy atom. The van der Waals surface area contributed by atoms with Crippen molar-refractivity contribution in [3.63, 3.8) is 0 Å². The number of ether oxygens (including phenoxy) is 1. The van der Waals surface area contributed by atoms with E-state index in [4.69, 9.17) is 16.3 Å². The van der Waals surface area contributed by atoms with Gasteiger partial charge < -0.3 is 10.1 Å². The number of benzene rings is 1. The molecule has 0 saturated carbocycles. The number of anilines is 1. The summed E-state index contributed by atoms with van der Waals surface area (Å²) in [6, 6.07) is 10.6. The highest BCUT2D eigenvalue weighted by atomic mass is 35.5. The van der Waals surface area contributed by atoms with E-state index in [1.165, 1.54) is 30.3 Å². The molecule has 0 atom stereocenters. The van der Waals surface area contributed by atoms with Crippen LogP contribution >= 0.6 is 11.6 Å². The minimum atomic E-state index is -0.707. The van der Waals surface area contributed by atoms with E-state index >= 15 is 0 Å². The van der Waals surface area contributed by atoms with Crippen LogP contribution in [0.15, 0.2) is 54.7 Å². The zero-order valence-electron chi connectivity index (χ0n) is 13.4. The van der Waals surface area contributed by atoms with Crippen molar-refractivity contribution >= 4 is 40.9 Å². The van der Waals surface area contributed by atoms with Gasteiger partial charge in [-0.2, -0.15) is 0 Å². The van der Waals surface area contributed by atoms with Gasteiger partial charge in [0.1, 0.15) is 11.5 Å². The van der Waals surface area contributed by atoms with Gasteiger partial charge in [0.15, 0.2) is 11.8 Å². The number of rotatable bonds is 5. The second kappa shape index (κ2) is 7.79. The van der Waals surface area contributed by atoms with E-state index in [1.54, 1.807) is 22.7 Å². The molecule has 2 heterocycles. The third-order valence-corrected chi connectivity index (χ3v) is 3.65. The summed E-state index contributed by atoms with van der Waals surface area (Å²) in [7, 11) is 0. The predicted molar refractivity (Wildman–Crippen MR) is 95.2 cm³/mol. The van der Waals surface area contributed by atoms with E-state index in [2.05, 4.69) is 10.3 Å². The lowest BCUT2D eigenvalue weighted by molar-refractivity contribution is -0.142. The first-order valence-corrected chi connectivity index (χ1v) is 7.93. The molecule has 0 aliphatic rings. The number of amides is 1. The zero-order chi connectivity index (χ0) is 18.5. The van der Waals surface area contributed by atoms with Gasteiger partial charge in [0.05, 0.1) is 5.69 Å². The second-order valence-electron chi connectivity index (χ2n) is 5.21. The molecule has 3 aromatic rings. The fourth-order valence-electron chi connectivity index (χ4n) is 2.20. The van der Waals surface area contributed by atoms with E-state index in [0.29, 0.717) is 17.0 Å². The summed E-state index contributed by atoms with van der Waals surface area (Å²) in [4.78, 5) is 27.7. The molecule has 3 rings (SSSR count). The van der Waals surface area contributed by atoms with Gasteiger partial charge in [0.25, 0.3) is 5.91 Å². The average molecular weight is 374 g/mol. The molecule has 26 heavy (non-hydrogen) atoms. The van der Waals surface area contributed by atoms with Crippen molar-refractivity contribution in [1.82, 2.24) is 9.38 Å². The lowest BCUT2D eigenvalue weighted by Crippen LogP contribution is -2.20. The lowest BCUT2D eigenvalue weighted by atomic mass is 10.3. The summed E-state index contributed by atoms with van der Waals surface area (Å²) in [5, 5.41) is 2.73. The third kappa shape index (κ3) is 4.25.